The summed E-state index contributed by atoms with van der Waals surface area (Å²) in [4.78, 5) is 13.0. The zero-order valence-corrected chi connectivity index (χ0v) is 11.3. The molecule has 7 heteroatoms. The Labute approximate surface area is 110 Å². The third kappa shape index (κ3) is 3.43. The molecule has 2 rings (SSSR count). The Morgan fingerprint density at radius 2 is 2.22 bits per heavy atom. The smallest absolute Gasteiger partial charge is 0.189 e. The molecule has 18 heavy (non-hydrogen) atoms. The molecule has 2 heterocycles. The molecule has 2 aromatic heterocycles. The van der Waals surface area contributed by atoms with Crippen molar-refractivity contribution in [3.63, 3.8) is 0 Å². The lowest BCUT2D eigenvalue weighted by molar-refractivity contribution is 0.809. The Morgan fingerprint density at radius 1 is 1.33 bits per heavy atom. The van der Waals surface area contributed by atoms with Crippen LogP contribution in [0.2, 0.25) is 0 Å². The zero-order chi connectivity index (χ0) is 12.8. The van der Waals surface area contributed by atoms with E-state index in [-0.39, 0.29) is 0 Å². The van der Waals surface area contributed by atoms with E-state index in [0.29, 0.717) is 0 Å². The first-order chi connectivity index (χ1) is 8.81. The number of rotatable bonds is 6. The van der Waals surface area contributed by atoms with E-state index in [0.717, 1.165) is 41.2 Å². The molecule has 0 saturated carbocycles. The fraction of sp³-hybridized carbons (Fsp3) is 0.455. The van der Waals surface area contributed by atoms with Gasteiger partial charge in [0.2, 0.25) is 0 Å². The molecule has 0 fully saturated rings. The topological polar surface area (TPSA) is 79.4 Å². The molecule has 0 amide bonds. The minimum atomic E-state index is 0.735. The summed E-state index contributed by atoms with van der Waals surface area (Å²) < 4.78 is 0. The van der Waals surface area contributed by atoms with Crippen LogP contribution in [-0.4, -0.2) is 31.7 Å². The minimum Gasteiger partial charge on any atom is -0.370 e. The summed E-state index contributed by atoms with van der Waals surface area (Å²) >= 11 is 1.45. The predicted molar refractivity (Wildman–Crippen MR) is 70.7 cm³/mol. The van der Waals surface area contributed by atoms with Gasteiger partial charge in [-0.1, -0.05) is 6.92 Å². The third-order valence-corrected chi connectivity index (χ3v) is 2.98. The second kappa shape index (κ2) is 6.34. The minimum absolute atomic E-state index is 0.735. The van der Waals surface area contributed by atoms with Crippen LogP contribution >= 0.6 is 11.8 Å². The average Bonchev–Trinajstić information content (AvgIpc) is 2.82. The van der Waals surface area contributed by atoms with Crippen LogP contribution in [0.15, 0.2) is 22.6 Å². The van der Waals surface area contributed by atoms with Crippen LogP contribution in [0, 0.1) is 0 Å². The van der Waals surface area contributed by atoms with E-state index < -0.39 is 0 Å². The summed E-state index contributed by atoms with van der Waals surface area (Å²) in [7, 11) is 0. The molecule has 0 bridgehead atoms. The Bertz CT molecular complexity index is 460. The van der Waals surface area contributed by atoms with Gasteiger partial charge < -0.3 is 5.32 Å². The molecule has 0 atom stereocenters. The Balaban J connectivity index is 2.21. The van der Waals surface area contributed by atoms with Gasteiger partial charge in [-0.25, -0.2) is 15.0 Å². The maximum absolute atomic E-state index is 4.50. The second-order valence-corrected chi connectivity index (χ2v) is 4.69. The van der Waals surface area contributed by atoms with Crippen molar-refractivity contribution in [2.45, 2.75) is 36.9 Å². The number of aromatic nitrogens is 5. The van der Waals surface area contributed by atoms with Gasteiger partial charge in [-0.3, -0.25) is 5.10 Å². The second-order valence-electron chi connectivity index (χ2n) is 3.68. The van der Waals surface area contributed by atoms with Crippen molar-refractivity contribution in [1.29, 1.82) is 0 Å². The predicted octanol–water partition coefficient (Wildman–Crippen LogP) is 2.13. The molecule has 2 N–H and O–H groups in total. The van der Waals surface area contributed by atoms with E-state index in [4.69, 9.17) is 0 Å². The standard InChI is InChI=1S/C11H16N6S/c1-3-5-8-15-9(12-4-2)6-10(16-8)18-11-13-7-14-17-11/h6-7H,3-5H2,1-2H3,(H,12,15,16)(H,13,14,17). The first-order valence-corrected chi connectivity index (χ1v) is 6.78. The van der Waals surface area contributed by atoms with E-state index in [1.807, 2.05) is 13.0 Å². The lowest BCUT2D eigenvalue weighted by Crippen LogP contribution is -2.04. The number of aromatic amines is 1. The van der Waals surface area contributed by atoms with Crippen molar-refractivity contribution >= 4 is 17.6 Å². The fourth-order valence-electron chi connectivity index (χ4n) is 1.47. The van der Waals surface area contributed by atoms with Gasteiger partial charge in [0.05, 0.1) is 0 Å². The number of hydrogen-bond donors (Lipinski definition) is 2. The summed E-state index contributed by atoms with van der Waals surface area (Å²) in [6.07, 6.45) is 3.40. The Hall–Kier alpha value is -1.63. The van der Waals surface area contributed by atoms with Crippen molar-refractivity contribution in [3.05, 3.63) is 18.2 Å². The molecule has 96 valence electrons. The molecular weight excluding hydrogens is 248 g/mol. The van der Waals surface area contributed by atoms with Crippen molar-refractivity contribution in [2.24, 2.45) is 0 Å². The maximum Gasteiger partial charge on any atom is 0.189 e. The van der Waals surface area contributed by atoms with Gasteiger partial charge in [-0.05, 0) is 25.1 Å². The van der Waals surface area contributed by atoms with Gasteiger partial charge in [0.1, 0.15) is 23.0 Å². The molecule has 0 aliphatic heterocycles. The lowest BCUT2D eigenvalue weighted by atomic mass is 10.3. The average molecular weight is 264 g/mol. The van der Waals surface area contributed by atoms with E-state index in [9.17, 15) is 0 Å². The highest BCUT2D eigenvalue weighted by atomic mass is 32.2. The molecule has 0 aliphatic rings. The van der Waals surface area contributed by atoms with E-state index in [1.54, 1.807) is 0 Å². The molecule has 0 unspecified atom stereocenters. The van der Waals surface area contributed by atoms with Gasteiger partial charge in [-0.15, -0.1) is 0 Å². The zero-order valence-electron chi connectivity index (χ0n) is 10.5. The van der Waals surface area contributed by atoms with Gasteiger partial charge in [-0.2, -0.15) is 5.10 Å². The van der Waals surface area contributed by atoms with Crippen LogP contribution in [0.3, 0.4) is 0 Å². The van der Waals surface area contributed by atoms with E-state index >= 15 is 0 Å². The van der Waals surface area contributed by atoms with Gasteiger partial charge in [0, 0.05) is 19.0 Å². The maximum atomic E-state index is 4.50. The number of hydrogen-bond acceptors (Lipinski definition) is 6. The first-order valence-electron chi connectivity index (χ1n) is 5.96. The normalized spacial score (nSPS) is 10.6. The highest BCUT2D eigenvalue weighted by Crippen LogP contribution is 2.24. The highest BCUT2D eigenvalue weighted by molar-refractivity contribution is 7.99. The van der Waals surface area contributed by atoms with Gasteiger partial charge in [0.25, 0.3) is 0 Å². The molecule has 0 saturated heterocycles. The van der Waals surface area contributed by atoms with Crippen LogP contribution in [0.25, 0.3) is 0 Å². The SMILES string of the molecule is CCCc1nc(NCC)cc(Sc2ncn[nH]2)n1. The van der Waals surface area contributed by atoms with Gasteiger partial charge >= 0.3 is 0 Å². The first kappa shape index (κ1) is 12.8. The summed E-state index contributed by atoms with van der Waals surface area (Å²) in [6.45, 7) is 5.01. The Morgan fingerprint density at radius 3 is 2.89 bits per heavy atom. The monoisotopic (exact) mass is 264 g/mol. The molecule has 6 nitrogen and oxygen atoms in total. The van der Waals surface area contributed by atoms with Crippen LogP contribution < -0.4 is 5.32 Å². The number of aryl methyl sites for hydroxylation is 1. The summed E-state index contributed by atoms with van der Waals surface area (Å²) in [5, 5.41) is 11.5. The molecule has 0 aliphatic carbocycles. The largest absolute Gasteiger partial charge is 0.370 e. The van der Waals surface area contributed by atoms with Crippen LogP contribution in [-0.2, 0) is 6.42 Å². The van der Waals surface area contributed by atoms with Crippen molar-refractivity contribution in [2.75, 3.05) is 11.9 Å². The summed E-state index contributed by atoms with van der Waals surface area (Å²) in [5.41, 5.74) is 0. The Kier molecular flexibility index (Phi) is 4.52. The van der Waals surface area contributed by atoms with Gasteiger partial charge in [0.15, 0.2) is 5.16 Å². The third-order valence-electron chi connectivity index (χ3n) is 2.17. The van der Waals surface area contributed by atoms with Crippen molar-refractivity contribution in [3.8, 4) is 0 Å². The number of H-pyrrole nitrogens is 1. The number of nitrogens with zero attached hydrogens (tertiary/aromatic N) is 4. The molecule has 0 radical (unpaired) electrons. The number of anilines is 1. The highest BCUT2D eigenvalue weighted by Gasteiger charge is 2.07. The van der Waals surface area contributed by atoms with E-state index in [1.165, 1.54) is 18.1 Å². The van der Waals surface area contributed by atoms with E-state index in [2.05, 4.69) is 37.4 Å². The number of nitrogens with one attached hydrogen (secondary N) is 2. The summed E-state index contributed by atoms with van der Waals surface area (Å²) in [6, 6.07) is 1.93. The van der Waals surface area contributed by atoms with Crippen molar-refractivity contribution in [1.82, 2.24) is 25.1 Å². The van der Waals surface area contributed by atoms with Crippen LogP contribution in [0.1, 0.15) is 26.1 Å². The molecular formula is C11H16N6S. The molecule has 0 spiro atoms. The quantitative estimate of drug-likeness (QED) is 0.778. The summed E-state index contributed by atoms with van der Waals surface area (Å²) in [5.74, 6) is 1.72. The molecule has 0 aromatic carbocycles. The lowest BCUT2D eigenvalue weighted by Gasteiger charge is -2.07. The van der Waals surface area contributed by atoms with Crippen LogP contribution in [0.5, 0.6) is 0 Å². The fourth-order valence-corrected chi connectivity index (χ4v) is 2.19. The molecule has 2 aromatic rings. The van der Waals surface area contributed by atoms with Crippen LogP contribution in [0.4, 0.5) is 5.82 Å². The van der Waals surface area contributed by atoms with Crippen molar-refractivity contribution < 1.29 is 0 Å².